The predicted molar refractivity (Wildman–Crippen MR) is 90.1 cm³/mol. The minimum absolute atomic E-state index is 0.0713. The van der Waals surface area contributed by atoms with Crippen molar-refractivity contribution in [3.05, 3.63) is 54.2 Å². The number of likely N-dealkylation sites (N-methyl/N-ethyl adjacent to an activating group) is 1. The van der Waals surface area contributed by atoms with Gasteiger partial charge in [-0.3, -0.25) is 9.78 Å². The highest BCUT2D eigenvalue weighted by Crippen LogP contribution is 2.22. The molecule has 5 nitrogen and oxygen atoms in total. The third kappa shape index (κ3) is 3.88. The van der Waals surface area contributed by atoms with E-state index >= 15 is 0 Å². The second-order valence-electron chi connectivity index (χ2n) is 6.14. The summed E-state index contributed by atoms with van der Waals surface area (Å²) in [5.74, 6) is 0.513. The molecule has 1 aliphatic rings. The molecule has 1 atom stereocenters. The van der Waals surface area contributed by atoms with Gasteiger partial charge in [0.05, 0.1) is 12.7 Å². The van der Waals surface area contributed by atoms with Gasteiger partial charge in [0.25, 0.3) is 0 Å². The average Bonchev–Trinajstić information content (AvgIpc) is 3.04. The lowest BCUT2D eigenvalue weighted by atomic mass is 10.0. The molecule has 6 heteroatoms. The summed E-state index contributed by atoms with van der Waals surface area (Å²) in [5.41, 5.74) is 0.932. The van der Waals surface area contributed by atoms with Crippen LogP contribution in [-0.4, -0.2) is 47.0 Å². The first-order valence-electron chi connectivity index (χ1n) is 8.14. The van der Waals surface area contributed by atoms with Crippen LogP contribution in [0.25, 0.3) is 0 Å². The van der Waals surface area contributed by atoms with E-state index in [9.17, 15) is 9.18 Å². The molecule has 3 rings (SSSR count). The molecule has 1 amide bonds. The number of hydrogen-bond donors (Lipinski definition) is 0. The maximum atomic E-state index is 13.4. The molecular weight excluding hydrogens is 307 g/mol. The molecule has 0 N–H and O–H groups in total. The lowest BCUT2D eigenvalue weighted by Crippen LogP contribution is -2.42. The number of carbonyl (C=O) groups is 1. The Hall–Kier alpha value is -2.50. The Morgan fingerprint density at radius 2 is 2.29 bits per heavy atom. The van der Waals surface area contributed by atoms with Crippen molar-refractivity contribution < 1.29 is 9.18 Å². The molecule has 1 unspecified atom stereocenters. The lowest BCUT2D eigenvalue weighted by molar-refractivity contribution is -0.130. The SMILES string of the molecule is CN(CC(=O)N1CCCC1Cc1cccc(F)c1)c1cnccn1. The van der Waals surface area contributed by atoms with Gasteiger partial charge in [-0.15, -0.1) is 0 Å². The number of hydrogen-bond acceptors (Lipinski definition) is 4. The van der Waals surface area contributed by atoms with Crippen molar-refractivity contribution in [1.29, 1.82) is 0 Å². The minimum atomic E-state index is -0.231. The van der Waals surface area contributed by atoms with Gasteiger partial charge in [0.2, 0.25) is 5.91 Å². The summed E-state index contributed by atoms with van der Waals surface area (Å²) in [6.45, 7) is 1.02. The first kappa shape index (κ1) is 16.4. The van der Waals surface area contributed by atoms with Gasteiger partial charge >= 0.3 is 0 Å². The van der Waals surface area contributed by atoms with E-state index in [4.69, 9.17) is 0 Å². The second-order valence-corrected chi connectivity index (χ2v) is 6.14. The van der Waals surface area contributed by atoms with E-state index in [2.05, 4.69) is 9.97 Å². The number of halogens is 1. The number of likely N-dealkylation sites (tertiary alicyclic amines) is 1. The highest BCUT2D eigenvalue weighted by atomic mass is 19.1. The number of aromatic nitrogens is 2. The third-order valence-corrected chi connectivity index (χ3v) is 4.37. The molecule has 0 saturated carbocycles. The molecule has 1 aliphatic heterocycles. The fourth-order valence-electron chi connectivity index (χ4n) is 3.18. The summed E-state index contributed by atoms with van der Waals surface area (Å²) in [5, 5.41) is 0. The topological polar surface area (TPSA) is 49.3 Å². The molecule has 1 aromatic heterocycles. The number of anilines is 1. The van der Waals surface area contributed by atoms with E-state index < -0.39 is 0 Å². The Balaban J connectivity index is 1.63. The maximum absolute atomic E-state index is 13.4. The summed E-state index contributed by atoms with van der Waals surface area (Å²) in [6, 6.07) is 6.75. The van der Waals surface area contributed by atoms with E-state index in [1.54, 1.807) is 35.6 Å². The highest BCUT2D eigenvalue weighted by Gasteiger charge is 2.29. The average molecular weight is 328 g/mol. The van der Waals surface area contributed by atoms with Gasteiger partial charge in [0, 0.05) is 32.0 Å². The normalized spacial score (nSPS) is 17.1. The van der Waals surface area contributed by atoms with Crippen molar-refractivity contribution in [3.63, 3.8) is 0 Å². The number of amides is 1. The van der Waals surface area contributed by atoms with Gasteiger partial charge in [-0.25, -0.2) is 9.37 Å². The fourth-order valence-corrected chi connectivity index (χ4v) is 3.18. The summed E-state index contributed by atoms with van der Waals surface area (Å²) in [6.07, 6.45) is 7.49. The summed E-state index contributed by atoms with van der Waals surface area (Å²) < 4.78 is 13.4. The second kappa shape index (κ2) is 7.38. The predicted octanol–water partition coefficient (Wildman–Crippen LogP) is 2.29. The monoisotopic (exact) mass is 328 g/mol. The zero-order valence-corrected chi connectivity index (χ0v) is 13.7. The van der Waals surface area contributed by atoms with Gasteiger partial charge in [-0.2, -0.15) is 0 Å². The molecule has 1 aromatic carbocycles. The molecule has 0 bridgehead atoms. The van der Waals surface area contributed by atoms with Crippen LogP contribution in [0.2, 0.25) is 0 Å². The van der Waals surface area contributed by atoms with Crippen LogP contribution in [0.5, 0.6) is 0 Å². The quantitative estimate of drug-likeness (QED) is 0.845. The summed E-state index contributed by atoms with van der Waals surface area (Å²) in [7, 11) is 1.83. The van der Waals surface area contributed by atoms with Crippen molar-refractivity contribution in [3.8, 4) is 0 Å². The largest absolute Gasteiger partial charge is 0.349 e. The molecule has 0 aliphatic carbocycles. The molecule has 2 heterocycles. The summed E-state index contributed by atoms with van der Waals surface area (Å²) >= 11 is 0. The molecule has 0 radical (unpaired) electrons. The molecule has 2 aromatic rings. The van der Waals surface area contributed by atoms with Crippen LogP contribution in [0.3, 0.4) is 0 Å². The fraction of sp³-hybridized carbons (Fsp3) is 0.389. The van der Waals surface area contributed by atoms with Crippen LogP contribution in [0.4, 0.5) is 10.2 Å². The van der Waals surface area contributed by atoms with Crippen LogP contribution < -0.4 is 4.90 Å². The number of nitrogens with zero attached hydrogens (tertiary/aromatic N) is 4. The van der Waals surface area contributed by atoms with Crippen LogP contribution >= 0.6 is 0 Å². The van der Waals surface area contributed by atoms with Crippen LogP contribution in [-0.2, 0) is 11.2 Å². The van der Waals surface area contributed by atoms with Crippen molar-refractivity contribution >= 4 is 11.7 Å². The van der Waals surface area contributed by atoms with Gasteiger partial charge in [-0.1, -0.05) is 12.1 Å². The van der Waals surface area contributed by atoms with Gasteiger partial charge in [-0.05, 0) is 37.0 Å². The van der Waals surface area contributed by atoms with E-state index in [0.29, 0.717) is 12.2 Å². The maximum Gasteiger partial charge on any atom is 0.242 e. The van der Waals surface area contributed by atoms with E-state index in [1.165, 1.54) is 6.07 Å². The van der Waals surface area contributed by atoms with Crippen molar-refractivity contribution in [2.75, 3.05) is 25.0 Å². The zero-order chi connectivity index (χ0) is 16.9. The molecule has 1 saturated heterocycles. The van der Waals surface area contributed by atoms with E-state index in [0.717, 1.165) is 24.9 Å². The van der Waals surface area contributed by atoms with Crippen LogP contribution in [0.1, 0.15) is 18.4 Å². The lowest BCUT2D eigenvalue weighted by Gasteiger charge is -2.27. The number of rotatable bonds is 5. The first-order valence-corrected chi connectivity index (χ1v) is 8.14. The summed E-state index contributed by atoms with van der Waals surface area (Å²) in [4.78, 5) is 24.6. The molecule has 0 spiro atoms. The number of benzene rings is 1. The molecule has 126 valence electrons. The highest BCUT2D eigenvalue weighted by molar-refractivity contribution is 5.81. The van der Waals surface area contributed by atoms with Crippen LogP contribution in [0.15, 0.2) is 42.9 Å². The first-order chi connectivity index (χ1) is 11.6. The van der Waals surface area contributed by atoms with Crippen molar-refractivity contribution in [2.45, 2.75) is 25.3 Å². The Labute approximate surface area is 141 Å². The molecular formula is C18H21FN4O. The van der Waals surface area contributed by atoms with Gasteiger partial charge in [0.1, 0.15) is 11.6 Å². The van der Waals surface area contributed by atoms with Crippen molar-refractivity contribution in [2.24, 2.45) is 0 Å². The Morgan fingerprint density at radius 3 is 3.04 bits per heavy atom. The molecule has 24 heavy (non-hydrogen) atoms. The Bertz CT molecular complexity index is 694. The zero-order valence-electron chi connectivity index (χ0n) is 13.7. The Morgan fingerprint density at radius 1 is 1.42 bits per heavy atom. The van der Waals surface area contributed by atoms with Crippen LogP contribution in [0, 0.1) is 5.82 Å². The van der Waals surface area contributed by atoms with Gasteiger partial charge < -0.3 is 9.80 Å². The van der Waals surface area contributed by atoms with E-state index in [1.807, 2.05) is 18.0 Å². The smallest absolute Gasteiger partial charge is 0.242 e. The Kier molecular flexibility index (Phi) is 5.03. The van der Waals surface area contributed by atoms with Gasteiger partial charge in [0.15, 0.2) is 0 Å². The third-order valence-electron chi connectivity index (χ3n) is 4.37. The minimum Gasteiger partial charge on any atom is -0.349 e. The number of carbonyl (C=O) groups excluding carboxylic acids is 1. The van der Waals surface area contributed by atoms with Crippen molar-refractivity contribution in [1.82, 2.24) is 14.9 Å². The molecule has 1 fully saturated rings. The van der Waals surface area contributed by atoms with E-state index in [-0.39, 0.29) is 24.3 Å². The standard InChI is InChI=1S/C18H21FN4O/c1-22(17-12-20-7-8-21-17)13-18(24)23-9-3-6-16(23)11-14-4-2-5-15(19)10-14/h2,4-5,7-8,10,12,16H,3,6,9,11,13H2,1H3.